The molecular formula is C15H13ClFNO2. The summed E-state index contributed by atoms with van der Waals surface area (Å²) in [6.07, 6.45) is 0. The van der Waals surface area contributed by atoms with Crippen molar-refractivity contribution in [1.29, 1.82) is 0 Å². The molecule has 2 aromatic carbocycles. The van der Waals surface area contributed by atoms with E-state index in [2.05, 4.69) is 0 Å². The third-order valence-electron chi connectivity index (χ3n) is 2.94. The predicted molar refractivity (Wildman–Crippen MR) is 76.9 cm³/mol. The van der Waals surface area contributed by atoms with Crippen LogP contribution in [0.2, 0.25) is 5.02 Å². The number of carbonyl (C=O) groups is 1. The molecule has 0 saturated carbocycles. The molecule has 0 spiro atoms. The molecule has 0 aromatic heterocycles. The molecule has 0 amide bonds. The Balaban J connectivity index is 2.18. The van der Waals surface area contributed by atoms with Gasteiger partial charge in [-0.05, 0) is 35.9 Å². The fourth-order valence-electron chi connectivity index (χ4n) is 1.90. The van der Waals surface area contributed by atoms with Crippen LogP contribution in [-0.4, -0.2) is 18.1 Å². The molecular weight excluding hydrogens is 281 g/mol. The zero-order chi connectivity index (χ0) is 14.7. The monoisotopic (exact) mass is 293 g/mol. The molecule has 3 nitrogen and oxygen atoms in total. The van der Waals surface area contributed by atoms with Crippen molar-refractivity contribution in [1.82, 2.24) is 0 Å². The van der Waals surface area contributed by atoms with E-state index in [9.17, 15) is 9.18 Å². The molecule has 0 unspecified atom stereocenters. The first-order valence-corrected chi connectivity index (χ1v) is 6.33. The van der Waals surface area contributed by atoms with Crippen LogP contribution in [0.5, 0.6) is 0 Å². The summed E-state index contributed by atoms with van der Waals surface area (Å²) < 4.78 is 12.8. The summed E-state index contributed by atoms with van der Waals surface area (Å²) in [6.45, 7) is 0.548. The van der Waals surface area contributed by atoms with Gasteiger partial charge in [0.15, 0.2) is 0 Å². The fourth-order valence-corrected chi connectivity index (χ4v) is 2.22. The van der Waals surface area contributed by atoms with E-state index in [0.717, 1.165) is 11.3 Å². The van der Waals surface area contributed by atoms with Gasteiger partial charge in [-0.25, -0.2) is 9.18 Å². The van der Waals surface area contributed by atoms with E-state index in [0.29, 0.717) is 11.6 Å². The highest BCUT2D eigenvalue weighted by atomic mass is 35.5. The third-order valence-corrected chi connectivity index (χ3v) is 3.24. The minimum atomic E-state index is -1.01. The van der Waals surface area contributed by atoms with Gasteiger partial charge in [0, 0.05) is 13.6 Å². The number of hydrogen-bond donors (Lipinski definition) is 1. The van der Waals surface area contributed by atoms with E-state index < -0.39 is 5.97 Å². The topological polar surface area (TPSA) is 40.5 Å². The maximum absolute atomic E-state index is 12.8. The van der Waals surface area contributed by atoms with Gasteiger partial charge in [0.2, 0.25) is 0 Å². The molecule has 0 fully saturated rings. The van der Waals surface area contributed by atoms with Gasteiger partial charge in [-0.2, -0.15) is 0 Å². The van der Waals surface area contributed by atoms with E-state index in [1.54, 1.807) is 18.2 Å². The Morgan fingerprint density at radius 3 is 2.45 bits per heavy atom. The fraction of sp³-hybridized carbons (Fsp3) is 0.133. The Morgan fingerprint density at radius 1 is 1.25 bits per heavy atom. The molecule has 104 valence electrons. The first-order valence-electron chi connectivity index (χ1n) is 5.96. The van der Waals surface area contributed by atoms with Crippen molar-refractivity contribution in [2.45, 2.75) is 6.54 Å². The molecule has 1 N–H and O–H groups in total. The molecule has 0 radical (unpaired) electrons. The number of anilines is 1. The summed E-state index contributed by atoms with van der Waals surface area (Å²) in [7, 11) is 1.84. The summed E-state index contributed by atoms with van der Waals surface area (Å²) in [6, 6.07) is 10.8. The lowest BCUT2D eigenvalue weighted by atomic mass is 10.1. The molecule has 0 heterocycles. The highest BCUT2D eigenvalue weighted by molar-refractivity contribution is 6.33. The summed E-state index contributed by atoms with van der Waals surface area (Å²) in [4.78, 5) is 12.7. The van der Waals surface area contributed by atoms with E-state index >= 15 is 0 Å². The second-order valence-electron chi connectivity index (χ2n) is 4.45. The lowest BCUT2D eigenvalue weighted by Crippen LogP contribution is -2.17. The zero-order valence-electron chi connectivity index (χ0n) is 10.8. The van der Waals surface area contributed by atoms with Gasteiger partial charge < -0.3 is 10.0 Å². The Bertz CT molecular complexity index is 628. The maximum atomic E-state index is 12.8. The van der Waals surface area contributed by atoms with Crippen LogP contribution in [0.1, 0.15) is 15.9 Å². The van der Waals surface area contributed by atoms with Crippen LogP contribution in [-0.2, 0) is 6.54 Å². The largest absolute Gasteiger partial charge is 0.478 e. The molecule has 0 aliphatic rings. The molecule has 0 saturated heterocycles. The van der Waals surface area contributed by atoms with Gasteiger partial charge >= 0.3 is 5.97 Å². The number of nitrogens with zero attached hydrogens (tertiary/aromatic N) is 1. The number of halogens is 2. The van der Waals surface area contributed by atoms with Gasteiger partial charge in [-0.3, -0.25) is 0 Å². The van der Waals surface area contributed by atoms with Crippen molar-refractivity contribution < 1.29 is 14.3 Å². The molecule has 0 aliphatic carbocycles. The summed E-state index contributed by atoms with van der Waals surface area (Å²) in [5, 5.41) is 9.26. The number of rotatable bonds is 4. The molecule has 20 heavy (non-hydrogen) atoms. The second-order valence-corrected chi connectivity index (χ2v) is 4.86. The quantitative estimate of drug-likeness (QED) is 0.932. The first-order chi connectivity index (χ1) is 9.47. The van der Waals surface area contributed by atoms with Crippen LogP contribution in [0.15, 0.2) is 42.5 Å². The lowest BCUT2D eigenvalue weighted by Gasteiger charge is -2.21. The Morgan fingerprint density at radius 2 is 1.90 bits per heavy atom. The van der Waals surface area contributed by atoms with E-state index in [1.807, 2.05) is 11.9 Å². The number of carboxylic acid groups (broad SMARTS) is 1. The molecule has 0 atom stereocenters. The zero-order valence-corrected chi connectivity index (χ0v) is 11.6. The Hall–Kier alpha value is -2.07. The number of carboxylic acids is 1. The minimum Gasteiger partial charge on any atom is -0.478 e. The number of benzene rings is 2. The molecule has 2 rings (SSSR count). The van der Waals surface area contributed by atoms with Crippen LogP contribution in [0.25, 0.3) is 0 Å². The van der Waals surface area contributed by atoms with E-state index in [-0.39, 0.29) is 11.4 Å². The first kappa shape index (κ1) is 14.3. The Kier molecular flexibility index (Phi) is 4.25. The third kappa shape index (κ3) is 3.27. The average molecular weight is 294 g/mol. The molecule has 2 aromatic rings. The molecule has 0 aliphatic heterocycles. The molecule has 0 bridgehead atoms. The highest BCUT2D eigenvalue weighted by Crippen LogP contribution is 2.27. The lowest BCUT2D eigenvalue weighted by molar-refractivity contribution is 0.0697. The van der Waals surface area contributed by atoms with Crippen LogP contribution in [0.3, 0.4) is 0 Å². The number of hydrogen-bond acceptors (Lipinski definition) is 2. The van der Waals surface area contributed by atoms with Crippen molar-refractivity contribution in [2.24, 2.45) is 0 Å². The summed E-state index contributed by atoms with van der Waals surface area (Å²) >= 11 is 6.09. The van der Waals surface area contributed by atoms with Crippen LogP contribution in [0.4, 0.5) is 10.1 Å². The summed E-state index contributed by atoms with van der Waals surface area (Å²) in [5.41, 5.74) is 1.81. The smallest absolute Gasteiger partial charge is 0.335 e. The van der Waals surface area contributed by atoms with Crippen molar-refractivity contribution in [3.05, 3.63) is 64.4 Å². The highest BCUT2D eigenvalue weighted by Gasteiger charge is 2.10. The van der Waals surface area contributed by atoms with E-state index in [1.165, 1.54) is 24.3 Å². The van der Waals surface area contributed by atoms with Crippen LogP contribution >= 0.6 is 11.6 Å². The van der Waals surface area contributed by atoms with Crippen LogP contribution < -0.4 is 4.90 Å². The second kappa shape index (κ2) is 5.92. The average Bonchev–Trinajstić information content (AvgIpc) is 2.41. The van der Waals surface area contributed by atoms with Crippen molar-refractivity contribution in [3.63, 3.8) is 0 Å². The maximum Gasteiger partial charge on any atom is 0.335 e. The van der Waals surface area contributed by atoms with Crippen molar-refractivity contribution >= 4 is 23.3 Å². The van der Waals surface area contributed by atoms with Gasteiger partial charge in [0.1, 0.15) is 5.82 Å². The standard InChI is InChI=1S/C15H13ClFNO2/c1-18(9-10-2-5-12(17)6-3-10)14-7-4-11(15(19)20)8-13(14)16/h2-8H,9H2,1H3,(H,19,20). The van der Waals surface area contributed by atoms with Gasteiger partial charge in [-0.1, -0.05) is 23.7 Å². The normalized spacial score (nSPS) is 10.3. The van der Waals surface area contributed by atoms with Crippen molar-refractivity contribution in [3.8, 4) is 0 Å². The van der Waals surface area contributed by atoms with E-state index in [4.69, 9.17) is 16.7 Å². The van der Waals surface area contributed by atoms with Crippen molar-refractivity contribution in [2.75, 3.05) is 11.9 Å². The molecule has 5 heteroatoms. The number of aromatic carboxylic acids is 1. The minimum absolute atomic E-state index is 0.147. The van der Waals surface area contributed by atoms with Gasteiger partial charge in [0.05, 0.1) is 16.3 Å². The predicted octanol–water partition coefficient (Wildman–Crippen LogP) is 3.81. The van der Waals surface area contributed by atoms with Gasteiger partial charge in [-0.15, -0.1) is 0 Å². The van der Waals surface area contributed by atoms with Crippen LogP contribution in [0, 0.1) is 5.82 Å². The van der Waals surface area contributed by atoms with Gasteiger partial charge in [0.25, 0.3) is 0 Å². The summed E-state index contributed by atoms with van der Waals surface area (Å²) in [5.74, 6) is -1.29. The Labute approximate surface area is 121 Å². The SMILES string of the molecule is CN(Cc1ccc(F)cc1)c1ccc(C(=O)O)cc1Cl.